The number of para-hydroxylation sites is 1. The van der Waals surface area contributed by atoms with Crippen LogP contribution >= 0.6 is 0 Å². The Morgan fingerprint density at radius 1 is 0.403 bits per heavy atom. The van der Waals surface area contributed by atoms with Crippen molar-refractivity contribution < 1.29 is 4.42 Å². The van der Waals surface area contributed by atoms with Gasteiger partial charge >= 0.3 is 0 Å². The van der Waals surface area contributed by atoms with Crippen molar-refractivity contribution in [1.29, 1.82) is 0 Å². The Morgan fingerprint density at radius 3 is 1.76 bits per heavy atom. The average Bonchev–Trinajstić information content (AvgIpc) is 3.86. The van der Waals surface area contributed by atoms with Crippen molar-refractivity contribution >= 4 is 104 Å². The maximum Gasteiger partial charge on any atom is 0.160 e. The molecule has 1 aliphatic heterocycles. The minimum atomic E-state index is 0.674. The van der Waals surface area contributed by atoms with Crippen molar-refractivity contribution in [3.05, 3.63) is 217 Å². The van der Waals surface area contributed by atoms with Crippen molar-refractivity contribution in [1.82, 2.24) is 4.57 Å². The summed E-state index contributed by atoms with van der Waals surface area (Å²) in [4.78, 5) is 11.4. The molecule has 0 fully saturated rings. The van der Waals surface area contributed by atoms with Crippen LogP contribution < -0.4 is 0 Å². The summed E-state index contributed by atoms with van der Waals surface area (Å²) in [6, 6.07) is 69.6. The maximum atomic E-state index is 7.25. The van der Waals surface area contributed by atoms with E-state index in [1.54, 1.807) is 0 Å². The van der Waals surface area contributed by atoms with Gasteiger partial charge in [-0.3, -0.25) is 0 Å². The summed E-state index contributed by atoms with van der Waals surface area (Å²) in [6.07, 6.45) is 3.79. The predicted molar refractivity (Wildman–Crippen MR) is 261 cm³/mol. The van der Waals surface area contributed by atoms with E-state index in [-0.39, 0.29) is 0 Å². The molecule has 0 saturated heterocycles. The summed E-state index contributed by atoms with van der Waals surface area (Å²) in [5.41, 5.74) is 9.88. The molecule has 13 rings (SSSR count). The quantitative estimate of drug-likeness (QED) is 0.175. The molecule has 12 aromatic rings. The number of allylic oxidation sites excluding steroid dienone is 1. The molecule has 0 aliphatic carbocycles. The number of fused-ring (bicyclic) bond motifs is 11. The van der Waals surface area contributed by atoms with E-state index in [0.717, 1.165) is 101 Å². The fraction of sp³-hybridized carbons (Fsp3) is 0.0345. The standard InChI is InChI=1S/C58H37N3O/c1-2-18-40-35-54-49(34-39(40)17-1)45-24-9-10-29-52(45)61(54)53-33-32-47-46-31-30-38-16-5-8-23-43(38)56(46)62-57(47)55(53)51-28-13-27-50(44-25-11-19-36-14-3-6-21-41(36)44)59-58(60-51)48-26-12-20-37-15-4-7-22-42(37)48/h1-12,14-26,28-35H,13,27H2. The van der Waals surface area contributed by atoms with Crippen molar-refractivity contribution in [2.24, 2.45) is 9.98 Å². The van der Waals surface area contributed by atoms with Crippen LogP contribution in [0.15, 0.2) is 215 Å². The lowest BCUT2D eigenvalue weighted by atomic mass is 9.96. The molecule has 4 heteroatoms. The van der Waals surface area contributed by atoms with Gasteiger partial charge in [0.05, 0.1) is 33.7 Å². The molecule has 0 radical (unpaired) electrons. The van der Waals surface area contributed by atoms with E-state index >= 15 is 0 Å². The summed E-state index contributed by atoms with van der Waals surface area (Å²) in [7, 11) is 0. The van der Waals surface area contributed by atoms with Gasteiger partial charge in [-0.25, -0.2) is 9.98 Å². The second kappa shape index (κ2) is 13.7. The van der Waals surface area contributed by atoms with Gasteiger partial charge in [-0.15, -0.1) is 0 Å². The van der Waals surface area contributed by atoms with Crippen LogP contribution in [0.25, 0.3) is 98.2 Å². The highest BCUT2D eigenvalue weighted by Gasteiger charge is 2.25. The van der Waals surface area contributed by atoms with E-state index in [1.807, 2.05) is 0 Å². The van der Waals surface area contributed by atoms with Gasteiger partial charge in [0.15, 0.2) is 5.84 Å². The highest BCUT2D eigenvalue weighted by atomic mass is 16.3. The zero-order valence-corrected chi connectivity index (χ0v) is 33.7. The van der Waals surface area contributed by atoms with Crippen LogP contribution in [0.5, 0.6) is 0 Å². The van der Waals surface area contributed by atoms with Crippen LogP contribution in [0.1, 0.15) is 29.5 Å². The number of hydrogen-bond donors (Lipinski definition) is 0. The van der Waals surface area contributed by atoms with Crippen LogP contribution in [0.4, 0.5) is 0 Å². The fourth-order valence-electron chi connectivity index (χ4n) is 9.99. The Labute approximate surface area is 357 Å². The van der Waals surface area contributed by atoms with E-state index in [4.69, 9.17) is 14.4 Å². The average molecular weight is 792 g/mol. The van der Waals surface area contributed by atoms with Gasteiger partial charge in [0.2, 0.25) is 0 Å². The third-order valence-electron chi connectivity index (χ3n) is 12.9. The number of furan rings is 1. The lowest BCUT2D eigenvalue weighted by molar-refractivity contribution is 0.671. The second-order valence-corrected chi connectivity index (χ2v) is 16.3. The van der Waals surface area contributed by atoms with Gasteiger partial charge in [0.1, 0.15) is 11.2 Å². The Balaban J connectivity index is 1.15. The van der Waals surface area contributed by atoms with Crippen LogP contribution in [-0.2, 0) is 0 Å². The summed E-state index contributed by atoms with van der Waals surface area (Å²) in [5.74, 6) is 0.674. The zero-order valence-electron chi connectivity index (χ0n) is 33.7. The monoisotopic (exact) mass is 791 g/mol. The molecule has 10 aromatic carbocycles. The second-order valence-electron chi connectivity index (χ2n) is 16.3. The first-order chi connectivity index (χ1) is 30.7. The molecule has 0 N–H and O–H groups in total. The van der Waals surface area contributed by atoms with Crippen molar-refractivity contribution in [2.75, 3.05) is 0 Å². The first-order valence-corrected chi connectivity index (χ1v) is 21.4. The molecule has 290 valence electrons. The van der Waals surface area contributed by atoms with E-state index < -0.39 is 0 Å². The Hall–Kier alpha value is -8.08. The predicted octanol–water partition coefficient (Wildman–Crippen LogP) is 15.4. The zero-order chi connectivity index (χ0) is 40.7. The number of amidine groups is 1. The third-order valence-corrected chi connectivity index (χ3v) is 12.9. The SMILES string of the molecule is C1=C(c2c(-n3c4ccccc4c4cc5ccccc5cc43)ccc3c2oc2c4ccccc4ccc32)N=C(c2cccc3ccccc23)N=C(c2cccc3ccccc23)CC1. The summed E-state index contributed by atoms with van der Waals surface area (Å²) >= 11 is 0. The van der Waals surface area contributed by atoms with Crippen LogP contribution in [0.3, 0.4) is 0 Å². The molecule has 0 unspecified atom stereocenters. The first-order valence-electron chi connectivity index (χ1n) is 21.4. The molecule has 0 saturated carbocycles. The van der Waals surface area contributed by atoms with E-state index in [9.17, 15) is 0 Å². The van der Waals surface area contributed by atoms with Gasteiger partial charge < -0.3 is 8.98 Å². The molecule has 0 spiro atoms. The summed E-state index contributed by atoms with van der Waals surface area (Å²) < 4.78 is 9.67. The van der Waals surface area contributed by atoms with Crippen molar-refractivity contribution in [3.8, 4) is 5.69 Å². The molecule has 3 heterocycles. The van der Waals surface area contributed by atoms with Gasteiger partial charge in [-0.05, 0) is 86.9 Å². The van der Waals surface area contributed by atoms with E-state index in [2.05, 4.69) is 205 Å². The van der Waals surface area contributed by atoms with Gasteiger partial charge in [-0.2, -0.15) is 0 Å². The molecular formula is C58H37N3O. The third kappa shape index (κ3) is 5.33. The lowest BCUT2D eigenvalue weighted by Crippen LogP contribution is -2.11. The fourth-order valence-corrected chi connectivity index (χ4v) is 9.99. The number of nitrogens with zero attached hydrogens (tertiary/aromatic N) is 3. The number of aliphatic imine (C=N–C) groups is 2. The van der Waals surface area contributed by atoms with Crippen LogP contribution in [0.2, 0.25) is 0 Å². The number of hydrogen-bond acceptors (Lipinski definition) is 3. The largest absolute Gasteiger partial charge is 0.455 e. The minimum absolute atomic E-state index is 0.674. The minimum Gasteiger partial charge on any atom is -0.455 e. The topological polar surface area (TPSA) is 42.8 Å². The van der Waals surface area contributed by atoms with Gasteiger partial charge in [-0.1, -0.05) is 164 Å². The lowest BCUT2D eigenvalue weighted by Gasteiger charge is -2.18. The van der Waals surface area contributed by atoms with E-state index in [0.29, 0.717) is 5.84 Å². The summed E-state index contributed by atoms with van der Waals surface area (Å²) in [6.45, 7) is 0. The van der Waals surface area contributed by atoms with Crippen LogP contribution in [0, 0.1) is 0 Å². The van der Waals surface area contributed by atoms with Gasteiger partial charge in [0, 0.05) is 38.1 Å². The molecular weight excluding hydrogens is 755 g/mol. The maximum absolute atomic E-state index is 7.25. The molecule has 4 nitrogen and oxygen atoms in total. The summed E-state index contributed by atoms with van der Waals surface area (Å²) in [5, 5.41) is 13.8. The Kier molecular flexibility index (Phi) is 7.70. The number of benzene rings is 10. The molecule has 0 bridgehead atoms. The van der Waals surface area contributed by atoms with Crippen molar-refractivity contribution in [2.45, 2.75) is 12.8 Å². The number of rotatable bonds is 4. The number of aromatic nitrogens is 1. The molecule has 62 heavy (non-hydrogen) atoms. The Morgan fingerprint density at radius 2 is 0.984 bits per heavy atom. The molecule has 0 atom stereocenters. The van der Waals surface area contributed by atoms with Crippen LogP contribution in [-0.4, -0.2) is 16.1 Å². The molecule has 0 amide bonds. The van der Waals surface area contributed by atoms with Crippen molar-refractivity contribution in [3.63, 3.8) is 0 Å². The van der Waals surface area contributed by atoms with E-state index in [1.165, 1.54) is 32.3 Å². The smallest absolute Gasteiger partial charge is 0.160 e. The molecule has 1 aliphatic rings. The Bertz CT molecular complexity index is 3920. The highest BCUT2D eigenvalue weighted by molar-refractivity contribution is 6.23. The first kappa shape index (κ1) is 34.8. The van der Waals surface area contributed by atoms with Gasteiger partial charge in [0.25, 0.3) is 0 Å². The normalized spacial score (nSPS) is 13.6. The highest BCUT2D eigenvalue weighted by Crippen LogP contribution is 2.44. The molecule has 2 aromatic heterocycles.